The summed E-state index contributed by atoms with van der Waals surface area (Å²) in [5.74, 6) is -1.10. The van der Waals surface area contributed by atoms with Gasteiger partial charge in [0.05, 0.1) is 24.7 Å². The molecule has 7 unspecified atom stereocenters. The molecule has 3 heterocycles. The van der Waals surface area contributed by atoms with Gasteiger partial charge in [-0.1, -0.05) is 70.4 Å². The van der Waals surface area contributed by atoms with E-state index in [9.17, 15) is 29.7 Å². The van der Waals surface area contributed by atoms with Gasteiger partial charge in [-0.2, -0.15) is 0 Å². The lowest BCUT2D eigenvalue weighted by atomic mass is 10.00. The number of ether oxygens (including phenoxy) is 3. The largest absolute Gasteiger partial charge is 0.415 e. The van der Waals surface area contributed by atoms with Gasteiger partial charge in [-0.3, -0.25) is 19.8 Å². The first kappa shape index (κ1) is 33.2. The summed E-state index contributed by atoms with van der Waals surface area (Å²) in [6, 6.07) is -0.280. The van der Waals surface area contributed by atoms with Crippen LogP contribution in [0.3, 0.4) is 0 Å². The molecule has 3 saturated heterocycles. The van der Waals surface area contributed by atoms with Crippen molar-refractivity contribution in [3.63, 3.8) is 0 Å². The summed E-state index contributed by atoms with van der Waals surface area (Å²) in [7, 11) is 0. The molecule has 0 radical (unpaired) electrons. The molecule has 0 aliphatic carbocycles. The first-order valence-electron chi connectivity index (χ1n) is 15.3. The van der Waals surface area contributed by atoms with Crippen molar-refractivity contribution in [2.75, 3.05) is 6.54 Å². The van der Waals surface area contributed by atoms with Crippen LogP contribution in [-0.4, -0.2) is 87.5 Å². The Kier molecular flexibility index (Phi) is 13.7. The fraction of sp³-hybridized carbons (Fsp3) is 0.767. The van der Waals surface area contributed by atoms with E-state index in [0.717, 1.165) is 31.8 Å². The predicted octanol–water partition coefficient (Wildman–Crippen LogP) is 3.21. The highest BCUT2D eigenvalue weighted by Crippen LogP contribution is 2.31. The maximum atomic E-state index is 12.7. The highest BCUT2D eigenvalue weighted by atomic mass is 16.7. The van der Waals surface area contributed by atoms with Crippen LogP contribution in [0.25, 0.3) is 0 Å². The van der Waals surface area contributed by atoms with Gasteiger partial charge in [-0.05, 0) is 32.6 Å². The normalized spacial score (nSPS) is 29.6. The number of hydrogen-bond acceptors (Lipinski definition) is 9. The number of hydrogen-bond donors (Lipinski definition) is 4. The number of allylic oxidation sites excluding steroid dienone is 1. The number of rotatable bonds is 16. The minimum Gasteiger partial charge on any atom is -0.412 e. The van der Waals surface area contributed by atoms with Crippen LogP contribution in [0.2, 0.25) is 0 Å². The Bertz CT molecular complexity index is 924. The maximum absolute atomic E-state index is 12.7. The highest BCUT2D eigenvalue weighted by Gasteiger charge is 2.43. The Hall–Kier alpha value is -2.31. The molecule has 4 N–H and O–H groups in total. The number of nitrogens with one attached hydrogen (secondary N) is 1. The van der Waals surface area contributed by atoms with Crippen molar-refractivity contribution >= 4 is 17.9 Å². The maximum Gasteiger partial charge on any atom is 0.415 e. The van der Waals surface area contributed by atoms with Gasteiger partial charge < -0.3 is 29.5 Å². The number of fused-ring (bicyclic) bond motifs is 1. The number of unbranched alkanes of at least 4 members (excludes halogenated alkanes) is 9. The summed E-state index contributed by atoms with van der Waals surface area (Å²) in [4.78, 5) is 38.7. The first-order valence-corrected chi connectivity index (χ1v) is 15.3. The lowest BCUT2D eigenvalue weighted by molar-refractivity contribution is -0.299. The third-order valence-electron chi connectivity index (χ3n) is 7.89. The van der Waals surface area contributed by atoms with E-state index >= 15 is 0 Å². The zero-order valence-corrected chi connectivity index (χ0v) is 24.4. The Morgan fingerprint density at radius 1 is 1.05 bits per heavy atom. The average Bonchev–Trinajstić information content (AvgIpc) is 3.53. The van der Waals surface area contributed by atoms with Crippen molar-refractivity contribution in [2.24, 2.45) is 0 Å². The van der Waals surface area contributed by atoms with Crippen LogP contribution in [0.1, 0.15) is 97.3 Å². The van der Waals surface area contributed by atoms with Crippen molar-refractivity contribution < 1.29 is 43.9 Å². The van der Waals surface area contributed by atoms with E-state index in [-0.39, 0.29) is 18.2 Å². The molecule has 3 aliphatic rings. The minimum absolute atomic E-state index is 0.228. The van der Waals surface area contributed by atoms with Gasteiger partial charge in [0.2, 0.25) is 5.91 Å². The van der Waals surface area contributed by atoms with Gasteiger partial charge in [0.1, 0.15) is 24.1 Å². The van der Waals surface area contributed by atoms with Crippen LogP contribution < -0.4 is 5.32 Å². The van der Waals surface area contributed by atoms with Gasteiger partial charge in [0.15, 0.2) is 6.29 Å². The molecule has 3 aliphatic heterocycles. The molecule has 11 heteroatoms. The molecule has 0 spiro atoms. The number of aliphatic hydroxyl groups excluding tert-OH is 3. The van der Waals surface area contributed by atoms with E-state index in [2.05, 4.69) is 12.2 Å². The molecule has 0 saturated carbocycles. The lowest BCUT2D eigenvalue weighted by Gasteiger charge is -2.39. The molecular formula is C30H48N2O9. The van der Waals surface area contributed by atoms with Crippen molar-refractivity contribution in [1.82, 2.24) is 10.2 Å². The number of amides is 3. The summed E-state index contributed by atoms with van der Waals surface area (Å²) in [5, 5.41) is 32.8. The van der Waals surface area contributed by atoms with Crippen molar-refractivity contribution in [1.29, 1.82) is 0 Å². The number of imide groups is 1. The van der Waals surface area contributed by atoms with E-state index in [4.69, 9.17) is 14.2 Å². The quantitative estimate of drug-likeness (QED) is 0.122. The second kappa shape index (κ2) is 17.0. The summed E-state index contributed by atoms with van der Waals surface area (Å²) in [6.45, 7) is 4.33. The number of nitrogens with zero attached hydrogens (tertiary/aromatic N) is 1. The van der Waals surface area contributed by atoms with Crippen LogP contribution in [-0.2, 0) is 23.8 Å². The zero-order valence-electron chi connectivity index (χ0n) is 24.4. The van der Waals surface area contributed by atoms with Crippen LogP contribution >= 0.6 is 0 Å². The third kappa shape index (κ3) is 10.2. The molecule has 7 atom stereocenters. The topological polar surface area (TPSA) is 155 Å². The van der Waals surface area contributed by atoms with Crippen LogP contribution in [0.15, 0.2) is 24.0 Å². The second-order valence-corrected chi connectivity index (χ2v) is 11.3. The smallest absolute Gasteiger partial charge is 0.412 e. The van der Waals surface area contributed by atoms with Gasteiger partial charge >= 0.3 is 6.09 Å². The van der Waals surface area contributed by atoms with Crippen molar-refractivity contribution in [3.05, 3.63) is 24.0 Å². The standard InChI is InChI=1S/C30H48N2O9/c1-3-4-5-6-7-8-9-10-11-12-13-15-21(40-29-28(37)27(36)26(35)20(2)39-29)18-24(33)31-25(34)19-23-22-16-14-17-32(22)30(38)41-23/h13,15,19-22,26-29,35-37H,3-12,14,16-18H2,1-2H3,(H,31,33,34). The summed E-state index contributed by atoms with van der Waals surface area (Å²) < 4.78 is 16.6. The Morgan fingerprint density at radius 2 is 1.73 bits per heavy atom. The molecular weight excluding hydrogens is 532 g/mol. The minimum atomic E-state index is -1.52. The van der Waals surface area contributed by atoms with E-state index < -0.39 is 54.7 Å². The van der Waals surface area contributed by atoms with Crippen LogP contribution in [0.4, 0.5) is 4.79 Å². The van der Waals surface area contributed by atoms with Crippen molar-refractivity contribution in [3.8, 4) is 0 Å². The molecule has 3 rings (SSSR count). The fourth-order valence-electron chi connectivity index (χ4n) is 5.45. The third-order valence-corrected chi connectivity index (χ3v) is 7.89. The zero-order chi connectivity index (χ0) is 29.8. The number of cyclic esters (lactones) is 1. The van der Waals surface area contributed by atoms with Gasteiger partial charge in [-0.25, -0.2) is 4.79 Å². The Morgan fingerprint density at radius 3 is 2.44 bits per heavy atom. The lowest BCUT2D eigenvalue weighted by Crippen LogP contribution is -2.58. The summed E-state index contributed by atoms with van der Waals surface area (Å²) >= 11 is 0. The first-order chi connectivity index (χ1) is 19.7. The second-order valence-electron chi connectivity index (χ2n) is 11.3. The predicted molar refractivity (Wildman–Crippen MR) is 150 cm³/mol. The Labute approximate surface area is 242 Å². The van der Waals surface area contributed by atoms with E-state index in [1.807, 2.05) is 6.08 Å². The molecule has 3 amide bonds. The molecule has 41 heavy (non-hydrogen) atoms. The van der Waals surface area contributed by atoms with E-state index in [0.29, 0.717) is 13.0 Å². The highest BCUT2D eigenvalue weighted by molar-refractivity contribution is 6.01. The molecule has 0 aromatic carbocycles. The summed E-state index contributed by atoms with van der Waals surface area (Å²) in [6.07, 6.45) is 9.97. The molecule has 0 aromatic heterocycles. The average molecular weight is 581 g/mol. The number of carbonyl (C=O) groups excluding carboxylic acids is 3. The van der Waals surface area contributed by atoms with Crippen LogP contribution in [0, 0.1) is 0 Å². The fourth-order valence-corrected chi connectivity index (χ4v) is 5.45. The van der Waals surface area contributed by atoms with Gasteiger partial charge in [-0.15, -0.1) is 0 Å². The molecule has 11 nitrogen and oxygen atoms in total. The number of aliphatic hydroxyl groups is 3. The summed E-state index contributed by atoms with van der Waals surface area (Å²) in [5.41, 5.74) is 0. The van der Waals surface area contributed by atoms with Gasteiger partial charge in [0.25, 0.3) is 5.91 Å². The van der Waals surface area contributed by atoms with Gasteiger partial charge in [0, 0.05) is 12.6 Å². The van der Waals surface area contributed by atoms with E-state index in [1.54, 1.807) is 17.9 Å². The van der Waals surface area contributed by atoms with Crippen LogP contribution in [0.5, 0.6) is 0 Å². The monoisotopic (exact) mass is 580 g/mol. The Balaban J connectivity index is 1.51. The molecule has 3 fully saturated rings. The van der Waals surface area contributed by atoms with E-state index in [1.165, 1.54) is 44.9 Å². The molecule has 232 valence electrons. The van der Waals surface area contributed by atoms with Crippen molar-refractivity contribution in [2.45, 2.75) is 140 Å². The number of carbonyl (C=O) groups is 3. The SMILES string of the molecule is CCCCCCCCCCCC=CC(CC(=O)NC(=O)C=C1OC(=O)N2CCCC12)OC1OC(C)C(O)C(O)C1O. The molecule has 0 aromatic rings. The molecule has 0 bridgehead atoms.